The Hall–Kier alpha value is -1.81. The third kappa shape index (κ3) is 2.49. The van der Waals surface area contributed by atoms with Gasteiger partial charge in [0.1, 0.15) is 5.58 Å². The van der Waals surface area contributed by atoms with Crippen LogP contribution in [0.3, 0.4) is 0 Å². The highest BCUT2D eigenvalue weighted by Crippen LogP contribution is 2.24. The molecule has 0 amide bonds. The molecular weight excluding hydrogens is 242 g/mol. The molecule has 2 aromatic rings. The average Bonchev–Trinajstić information content (AvgIpc) is 3.05. The number of fused-ring (bicyclic) bond motifs is 1. The summed E-state index contributed by atoms with van der Waals surface area (Å²) in [5.41, 5.74) is 2.08. The first-order valence-corrected chi connectivity index (χ1v) is 6.71. The van der Waals surface area contributed by atoms with Crippen molar-refractivity contribution in [2.75, 3.05) is 0 Å². The Morgan fingerprint density at radius 2 is 2.16 bits per heavy atom. The van der Waals surface area contributed by atoms with E-state index in [0.717, 1.165) is 23.1 Å². The molecule has 4 heteroatoms. The summed E-state index contributed by atoms with van der Waals surface area (Å²) in [5.74, 6) is -0.905. The first-order valence-electron chi connectivity index (χ1n) is 6.71. The molecule has 0 atom stereocenters. The Bertz CT molecular complexity index is 596. The molecule has 4 nitrogen and oxygen atoms in total. The highest BCUT2D eigenvalue weighted by atomic mass is 16.4. The average molecular weight is 259 g/mol. The molecule has 3 rings (SSSR count). The van der Waals surface area contributed by atoms with E-state index in [1.807, 2.05) is 0 Å². The Morgan fingerprint density at radius 1 is 1.37 bits per heavy atom. The minimum atomic E-state index is -0.905. The number of furan rings is 1. The van der Waals surface area contributed by atoms with Crippen molar-refractivity contribution < 1.29 is 14.3 Å². The first-order chi connectivity index (χ1) is 9.24. The van der Waals surface area contributed by atoms with Crippen LogP contribution in [-0.2, 0) is 6.54 Å². The van der Waals surface area contributed by atoms with Gasteiger partial charge in [-0.1, -0.05) is 12.8 Å². The molecule has 1 aromatic heterocycles. The van der Waals surface area contributed by atoms with Crippen LogP contribution >= 0.6 is 0 Å². The zero-order valence-electron chi connectivity index (χ0n) is 10.7. The fraction of sp³-hybridized carbons (Fsp3) is 0.400. The molecule has 0 spiro atoms. The summed E-state index contributed by atoms with van der Waals surface area (Å²) in [4.78, 5) is 11.0. The topological polar surface area (TPSA) is 62.5 Å². The maximum Gasteiger partial charge on any atom is 0.335 e. The van der Waals surface area contributed by atoms with Crippen LogP contribution in [-0.4, -0.2) is 17.1 Å². The van der Waals surface area contributed by atoms with Crippen LogP contribution in [0.15, 0.2) is 28.9 Å². The summed E-state index contributed by atoms with van der Waals surface area (Å²) >= 11 is 0. The van der Waals surface area contributed by atoms with E-state index in [0.29, 0.717) is 11.6 Å². The standard InChI is InChI=1S/C15H17NO3/c17-15(18)10-5-6-14-13(7-10)11(9-19-14)8-16-12-3-1-2-4-12/h5-7,9,12,16H,1-4,8H2,(H,17,18). The molecule has 1 aliphatic rings. The lowest BCUT2D eigenvalue weighted by Gasteiger charge is -2.10. The van der Waals surface area contributed by atoms with Gasteiger partial charge in [0.25, 0.3) is 0 Å². The monoisotopic (exact) mass is 259 g/mol. The number of rotatable bonds is 4. The van der Waals surface area contributed by atoms with Crippen LogP contribution in [0.5, 0.6) is 0 Å². The summed E-state index contributed by atoms with van der Waals surface area (Å²) in [6.07, 6.45) is 6.78. The van der Waals surface area contributed by atoms with Crippen LogP contribution in [0.1, 0.15) is 41.6 Å². The minimum Gasteiger partial charge on any atom is -0.478 e. The van der Waals surface area contributed by atoms with Crippen molar-refractivity contribution in [3.63, 3.8) is 0 Å². The SMILES string of the molecule is O=C(O)c1ccc2occ(CNC3CCCC3)c2c1. The summed E-state index contributed by atoms with van der Waals surface area (Å²) in [7, 11) is 0. The fourth-order valence-corrected chi connectivity index (χ4v) is 2.74. The molecule has 0 aliphatic heterocycles. The zero-order valence-corrected chi connectivity index (χ0v) is 10.7. The van der Waals surface area contributed by atoms with E-state index >= 15 is 0 Å². The highest BCUT2D eigenvalue weighted by molar-refractivity contribution is 5.93. The number of carbonyl (C=O) groups is 1. The van der Waals surface area contributed by atoms with Crippen LogP contribution < -0.4 is 5.32 Å². The van der Waals surface area contributed by atoms with E-state index in [2.05, 4.69) is 5.32 Å². The van der Waals surface area contributed by atoms with Crippen molar-refractivity contribution >= 4 is 16.9 Å². The fourth-order valence-electron chi connectivity index (χ4n) is 2.74. The zero-order chi connectivity index (χ0) is 13.2. The van der Waals surface area contributed by atoms with Crippen molar-refractivity contribution in [2.45, 2.75) is 38.3 Å². The van der Waals surface area contributed by atoms with Gasteiger partial charge in [-0.25, -0.2) is 4.79 Å². The predicted octanol–water partition coefficient (Wildman–Crippen LogP) is 3.16. The van der Waals surface area contributed by atoms with Gasteiger partial charge in [-0.15, -0.1) is 0 Å². The van der Waals surface area contributed by atoms with Gasteiger partial charge in [0.15, 0.2) is 0 Å². The number of carboxylic acids is 1. The van der Waals surface area contributed by atoms with Gasteiger partial charge < -0.3 is 14.8 Å². The molecule has 0 saturated heterocycles. The molecule has 0 unspecified atom stereocenters. The van der Waals surface area contributed by atoms with Crippen molar-refractivity contribution in [3.8, 4) is 0 Å². The van der Waals surface area contributed by atoms with E-state index in [-0.39, 0.29) is 0 Å². The predicted molar refractivity (Wildman–Crippen MR) is 72.3 cm³/mol. The number of carboxylic acid groups (broad SMARTS) is 1. The van der Waals surface area contributed by atoms with Gasteiger partial charge >= 0.3 is 5.97 Å². The van der Waals surface area contributed by atoms with E-state index in [1.165, 1.54) is 25.7 Å². The lowest BCUT2D eigenvalue weighted by atomic mass is 10.1. The smallest absolute Gasteiger partial charge is 0.335 e. The summed E-state index contributed by atoms with van der Waals surface area (Å²) in [6, 6.07) is 5.57. The van der Waals surface area contributed by atoms with Crippen LogP contribution in [0.25, 0.3) is 11.0 Å². The van der Waals surface area contributed by atoms with E-state index in [1.54, 1.807) is 24.5 Å². The van der Waals surface area contributed by atoms with Crippen molar-refractivity contribution in [1.82, 2.24) is 5.32 Å². The molecular formula is C15H17NO3. The maximum atomic E-state index is 11.0. The van der Waals surface area contributed by atoms with Gasteiger partial charge in [0.2, 0.25) is 0 Å². The van der Waals surface area contributed by atoms with E-state index in [4.69, 9.17) is 9.52 Å². The Morgan fingerprint density at radius 3 is 2.89 bits per heavy atom. The third-order valence-electron chi connectivity index (χ3n) is 3.84. The molecule has 1 aromatic carbocycles. The molecule has 0 bridgehead atoms. The number of aromatic carboxylic acids is 1. The number of nitrogens with one attached hydrogen (secondary N) is 1. The van der Waals surface area contributed by atoms with Gasteiger partial charge in [-0.2, -0.15) is 0 Å². The molecule has 1 fully saturated rings. The van der Waals surface area contributed by atoms with Gasteiger partial charge in [-0.3, -0.25) is 0 Å². The van der Waals surface area contributed by atoms with Crippen molar-refractivity contribution in [3.05, 3.63) is 35.6 Å². The Balaban J connectivity index is 1.81. The summed E-state index contributed by atoms with van der Waals surface area (Å²) in [5, 5.41) is 13.4. The quantitative estimate of drug-likeness (QED) is 0.885. The van der Waals surface area contributed by atoms with E-state index in [9.17, 15) is 4.79 Å². The summed E-state index contributed by atoms with van der Waals surface area (Å²) < 4.78 is 5.47. The van der Waals surface area contributed by atoms with Gasteiger partial charge in [-0.05, 0) is 31.0 Å². The maximum absolute atomic E-state index is 11.0. The van der Waals surface area contributed by atoms with E-state index < -0.39 is 5.97 Å². The second-order valence-corrected chi connectivity index (χ2v) is 5.14. The number of hydrogen-bond donors (Lipinski definition) is 2. The number of benzene rings is 1. The largest absolute Gasteiger partial charge is 0.478 e. The molecule has 1 aliphatic carbocycles. The lowest BCUT2D eigenvalue weighted by Crippen LogP contribution is -2.25. The van der Waals surface area contributed by atoms with Gasteiger partial charge in [0, 0.05) is 23.5 Å². The normalized spacial score (nSPS) is 16.2. The second-order valence-electron chi connectivity index (χ2n) is 5.14. The van der Waals surface area contributed by atoms with Crippen molar-refractivity contribution in [1.29, 1.82) is 0 Å². The third-order valence-corrected chi connectivity index (χ3v) is 3.84. The van der Waals surface area contributed by atoms with Crippen LogP contribution in [0, 0.1) is 0 Å². The molecule has 19 heavy (non-hydrogen) atoms. The molecule has 2 N–H and O–H groups in total. The molecule has 1 heterocycles. The lowest BCUT2D eigenvalue weighted by molar-refractivity contribution is 0.0697. The Kier molecular flexibility index (Phi) is 3.25. The Labute approximate surface area is 111 Å². The second kappa shape index (κ2) is 5.05. The molecule has 0 radical (unpaired) electrons. The summed E-state index contributed by atoms with van der Waals surface area (Å²) in [6.45, 7) is 0.737. The van der Waals surface area contributed by atoms with Gasteiger partial charge in [0.05, 0.1) is 11.8 Å². The van der Waals surface area contributed by atoms with Crippen LogP contribution in [0.4, 0.5) is 0 Å². The van der Waals surface area contributed by atoms with Crippen LogP contribution in [0.2, 0.25) is 0 Å². The number of hydrogen-bond acceptors (Lipinski definition) is 3. The first kappa shape index (κ1) is 12.2. The molecule has 1 saturated carbocycles. The highest BCUT2D eigenvalue weighted by Gasteiger charge is 2.15. The van der Waals surface area contributed by atoms with Crippen molar-refractivity contribution in [2.24, 2.45) is 0 Å². The molecule has 100 valence electrons. The minimum absolute atomic E-state index is 0.302.